The summed E-state index contributed by atoms with van der Waals surface area (Å²) in [6.07, 6.45) is 22.0. The Labute approximate surface area is 237 Å². The zero-order valence-corrected chi connectivity index (χ0v) is 26.4. The van der Waals surface area contributed by atoms with Crippen LogP contribution in [0.2, 0.25) is 0 Å². The normalized spacial score (nSPS) is 12.2. The van der Waals surface area contributed by atoms with Crippen LogP contribution in [0.25, 0.3) is 0 Å². The number of hydrogen-bond donors (Lipinski definition) is 2. The summed E-state index contributed by atoms with van der Waals surface area (Å²) in [5.41, 5.74) is 2.97. The average molecular weight is 530 g/mol. The van der Waals surface area contributed by atoms with Gasteiger partial charge in [-0.2, -0.15) is 0 Å². The van der Waals surface area contributed by atoms with Crippen molar-refractivity contribution in [2.45, 2.75) is 175 Å². The maximum atomic E-state index is 12.5. The van der Waals surface area contributed by atoms with Gasteiger partial charge in [0.2, 0.25) is 5.91 Å². The molecule has 0 saturated heterocycles. The number of aryl methyl sites for hydroxylation is 1. The van der Waals surface area contributed by atoms with E-state index in [-0.39, 0.29) is 16.7 Å². The molecular weight excluding hydrogens is 466 g/mol. The highest BCUT2D eigenvalue weighted by Gasteiger charge is 2.29. The SMILES string of the molecule is CCCCCCCCCCCCCCCCNC(=O)CCc1cc(C(C)(C)CC)c(O)c(C(C)(C)CC)c1. The third kappa shape index (κ3) is 13.0. The van der Waals surface area contributed by atoms with Crippen LogP contribution in [0.15, 0.2) is 12.1 Å². The van der Waals surface area contributed by atoms with Crippen molar-refractivity contribution in [1.29, 1.82) is 0 Å². The van der Waals surface area contributed by atoms with E-state index in [1.165, 1.54) is 83.5 Å². The Hall–Kier alpha value is -1.51. The third-order valence-electron chi connectivity index (χ3n) is 8.89. The number of benzene rings is 1. The molecule has 0 heterocycles. The van der Waals surface area contributed by atoms with E-state index < -0.39 is 0 Å². The molecule has 0 aliphatic carbocycles. The number of carbonyl (C=O) groups excluding carboxylic acids is 1. The molecule has 0 aliphatic heterocycles. The first-order valence-corrected chi connectivity index (χ1v) is 16.2. The van der Waals surface area contributed by atoms with Crippen molar-refractivity contribution < 1.29 is 9.90 Å². The molecule has 0 saturated carbocycles. The Bertz CT molecular complexity index is 743. The van der Waals surface area contributed by atoms with Gasteiger partial charge in [-0.05, 0) is 42.1 Å². The lowest BCUT2D eigenvalue weighted by molar-refractivity contribution is -0.121. The molecule has 0 fully saturated rings. The van der Waals surface area contributed by atoms with Crippen LogP contribution in [0.4, 0.5) is 0 Å². The maximum Gasteiger partial charge on any atom is 0.220 e. The van der Waals surface area contributed by atoms with Crippen LogP contribution >= 0.6 is 0 Å². The molecule has 0 aromatic heterocycles. The Kier molecular flexibility index (Phi) is 17.0. The number of hydrogen-bond acceptors (Lipinski definition) is 2. The van der Waals surface area contributed by atoms with Gasteiger partial charge in [-0.15, -0.1) is 0 Å². The van der Waals surface area contributed by atoms with Crippen LogP contribution in [0, 0.1) is 0 Å². The van der Waals surface area contributed by atoms with Crippen LogP contribution in [0.1, 0.15) is 174 Å². The highest BCUT2D eigenvalue weighted by Crippen LogP contribution is 2.42. The van der Waals surface area contributed by atoms with Crippen molar-refractivity contribution >= 4 is 5.91 Å². The van der Waals surface area contributed by atoms with E-state index in [4.69, 9.17) is 0 Å². The quantitative estimate of drug-likeness (QED) is 0.147. The van der Waals surface area contributed by atoms with E-state index in [1.54, 1.807) is 0 Å². The summed E-state index contributed by atoms with van der Waals surface area (Å²) >= 11 is 0. The van der Waals surface area contributed by atoms with Crippen LogP contribution in [-0.4, -0.2) is 17.6 Å². The van der Waals surface area contributed by atoms with E-state index >= 15 is 0 Å². The largest absolute Gasteiger partial charge is 0.507 e. The van der Waals surface area contributed by atoms with Crippen LogP contribution in [0.3, 0.4) is 0 Å². The van der Waals surface area contributed by atoms with Crippen molar-refractivity contribution in [2.24, 2.45) is 0 Å². The molecular formula is C35H63NO2. The topological polar surface area (TPSA) is 49.3 Å². The van der Waals surface area contributed by atoms with Gasteiger partial charge in [0.25, 0.3) is 0 Å². The van der Waals surface area contributed by atoms with E-state index in [2.05, 4.69) is 65.9 Å². The lowest BCUT2D eigenvalue weighted by Crippen LogP contribution is -2.25. The smallest absolute Gasteiger partial charge is 0.220 e. The number of phenolic OH excluding ortho intramolecular Hbond substituents is 1. The molecule has 1 aromatic rings. The van der Waals surface area contributed by atoms with Gasteiger partial charge in [0.15, 0.2) is 0 Å². The molecule has 3 heteroatoms. The first-order chi connectivity index (χ1) is 18.1. The molecule has 1 rings (SSSR count). The number of amides is 1. The molecule has 1 amide bonds. The molecule has 38 heavy (non-hydrogen) atoms. The van der Waals surface area contributed by atoms with E-state index in [0.29, 0.717) is 18.6 Å². The van der Waals surface area contributed by atoms with Gasteiger partial charge < -0.3 is 10.4 Å². The Morgan fingerprint density at radius 3 is 1.47 bits per heavy atom. The lowest BCUT2D eigenvalue weighted by Gasteiger charge is -2.31. The summed E-state index contributed by atoms with van der Waals surface area (Å²) in [7, 11) is 0. The number of rotatable bonds is 22. The zero-order valence-electron chi connectivity index (χ0n) is 26.4. The van der Waals surface area contributed by atoms with Gasteiger partial charge in [0.05, 0.1) is 0 Å². The summed E-state index contributed by atoms with van der Waals surface area (Å²) in [5.74, 6) is 0.579. The van der Waals surface area contributed by atoms with Gasteiger partial charge in [0.1, 0.15) is 5.75 Å². The van der Waals surface area contributed by atoms with Gasteiger partial charge >= 0.3 is 0 Å². The van der Waals surface area contributed by atoms with E-state index in [9.17, 15) is 9.90 Å². The Morgan fingerprint density at radius 1 is 0.684 bits per heavy atom. The number of unbranched alkanes of at least 4 members (excludes halogenated alkanes) is 13. The summed E-state index contributed by atoms with van der Waals surface area (Å²) in [5, 5.41) is 14.3. The first-order valence-electron chi connectivity index (χ1n) is 16.2. The second-order valence-corrected chi connectivity index (χ2v) is 13.0. The minimum Gasteiger partial charge on any atom is -0.507 e. The molecule has 2 N–H and O–H groups in total. The fraction of sp³-hybridized carbons (Fsp3) is 0.800. The number of carbonyl (C=O) groups is 1. The van der Waals surface area contributed by atoms with Crippen LogP contribution < -0.4 is 5.32 Å². The zero-order chi connectivity index (χ0) is 28.4. The van der Waals surface area contributed by atoms with Crippen LogP contribution in [-0.2, 0) is 22.0 Å². The maximum absolute atomic E-state index is 12.5. The van der Waals surface area contributed by atoms with Gasteiger partial charge in [-0.3, -0.25) is 4.79 Å². The fourth-order valence-corrected chi connectivity index (χ4v) is 5.14. The molecule has 0 atom stereocenters. The lowest BCUT2D eigenvalue weighted by atomic mass is 9.74. The second-order valence-electron chi connectivity index (χ2n) is 13.0. The summed E-state index contributed by atoms with van der Waals surface area (Å²) < 4.78 is 0. The molecule has 0 aliphatic rings. The third-order valence-corrected chi connectivity index (χ3v) is 8.89. The van der Waals surface area contributed by atoms with Gasteiger partial charge in [0, 0.05) is 24.1 Å². The molecule has 0 spiro atoms. The summed E-state index contributed by atoms with van der Waals surface area (Å²) in [6, 6.07) is 4.27. The summed E-state index contributed by atoms with van der Waals surface area (Å²) in [6.45, 7) is 16.2. The fourth-order valence-electron chi connectivity index (χ4n) is 5.14. The highest BCUT2D eigenvalue weighted by molar-refractivity contribution is 5.76. The highest BCUT2D eigenvalue weighted by atomic mass is 16.3. The van der Waals surface area contributed by atoms with Crippen molar-refractivity contribution in [3.05, 3.63) is 28.8 Å². The van der Waals surface area contributed by atoms with Crippen LogP contribution in [0.5, 0.6) is 5.75 Å². The standard InChI is InChI=1S/C35H63NO2/c1-8-11-12-13-14-15-16-17-18-19-20-21-22-23-26-36-32(37)25-24-29-27-30(34(4,5)9-2)33(38)31(28-29)35(6,7)10-3/h27-28,38H,8-26H2,1-7H3,(H,36,37). The molecule has 3 nitrogen and oxygen atoms in total. The first kappa shape index (κ1) is 34.5. The number of nitrogens with one attached hydrogen (secondary N) is 1. The number of phenols is 1. The van der Waals surface area contributed by atoms with E-state index in [1.807, 2.05) is 0 Å². The Morgan fingerprint density at radius 2 is 1.08 bits per heavy atom. The van der Waals surface area contributed by atoms with Crippen molar-refractivity contribution in [1.82, 2.24) is 5.32 Å². The van der Waals surface area contributed by atoms with Gasteiger partial charge in [-0.1, -0.05) is 144 Å². The van der Waals surface area contributed by atoms with Crippen molar-refractivity contribution in [3.8, 4) is 5.75 Å². The molecule has 0 radical (unpaired) electrons. The minimum absolute atomic E-state index is 0.102. The summed E-state index contributed by atoms with van der Waals surface area (Å²) in [4.78, 5) is 12.5. The minimum atomic E-state index is -0.102. The second kappa shape index (κ2) is 18.7. The van der Waals surface area contributed by atoms with Gasteiger partial charge in [-0.25, -0.2) is 0 Å². The molecule has 220 valence electrons. The predicted octanol–water partition coefficient (Wildman–Crippen LogP) is 10.3. The van der Waals surface area contributed by atoms with Crippen molar-refractivity contribution in [3.63, 3.8) is 0 Å². The number of aromatic hydroxyl groups is 1. The van der Waals surface area contributed by atoms with Crippen molar-refractivity contribution in [2.75, 3.05) is 6.54 Å². The monoisotopic (exact) mass is 529 g/mol. The Balaban J connectivity index is 2.30. The molecule has 1 aromatic carbocycles. The molecule has 0 unspecified atom stereocenters. The molecule has 0 bridgehead atoms. The predicted molar refractivity (Wildman–Crippen MR) is 166 cm³/mol. The van der Waals surface area contributed by atoms with E-state index in [0.717, 1.165) is 42.5 Å². The average Bonchev–Trinajstić information content (AvgIpc) is 2.89.